The van der Waals surface area contributed by atoms with Gasteiger partial charge in [0.05, 0.1) is 5.56 Å². The van der Waals surface area contributed by atoms with Gasteiger partial charge in [0.1, 0.15) is 11.6 Å². The molecule has 158 valence electrons. The van der Waals surface area contributed by atoms with Gasteiger partial charge in [0.25, 0.3) is 0 Å². The monoisotopic (exact) mass is 414 g/mol. The van der Waals surface area contributed by atoms with Crippen LogP contribution in [0.15, 0.2) is 24.3 Å². The lowest BCUT2D eigenvalue weighted by atomic mass is 10.2. The molecule has 0 spiro atoms. The molecule has 1 heterocycles. The maximum atomic E-state index is 13.3. The summed E-state index contributed by atoms with van der Waals surface area (Å²) in [5.41, 5.74) is -1.08. The fraction of sp³-hybridized carbons (Fsp3) is 0.389. The molecule has 0 atom stereocenters. The lowest BCUT2D eigenvalue weighted by molar-refractivity contribution is -0.139. The Morgan fingerprint density at radius 1 is 1.17 bits per heavy atom. The zero-order chi connectivity index (χ0) is 21.6. The molecule has 0 aliphatic carbocycles. The van der Waals surface area contributed by atoms with Crippen LogP contribution in [0.5, 0.6) is 0 Å². The molecule has 11 heteroatoms. The van der Waals surface area contributed by atoms with Crippen LogP contribution in [0.25, 0.3) is 0 Å². The average Bonchev–Trinajstić information content (AvgIpc) is 2.62. The molecule has 0 saturated carbocycles. The summed E-state index contributed by atoms with van der Waals surface area (Å²) in [6, 6.07) is 3.09. The van der Waals surface area contributed by atoms with Crippen LogP contribution in [0.2, 0.25) is 0 Å². The fourth-order valence-corrected chi connectivity index (χ4v) is 2.50. The highest BCUT2D eigenvalue weighted by molar-refractivity contribution is 5.98. The summed E-state index contributed by atoms with van der Waals surface area (Å²) in [6.45, 7) is 3.28. The van der Waals surface area contributed by atoms with Crippen molar-refractivity contribution in [3.05, 3.63) is 41.3 Å². The van der Waals surface area contributed by atoms with E-state index < -0.39 is 23.6 Å². The van der Waals surface area contributed by atoms with Crippen molar-refractivity contribution >= 4 is 23.5 Å². The van der Waals surface area contributed by atoms with E-state index in [4.69, 9.17) is 0 Å². The Kier molecular flexibility index (Phi) is 7.32. The van der Waals surface area contributed by atoms with E-state index in [0.29, 0.717) is 23.6 Å². The van der Waals surface area contributed by atoms with E-state index in [-0.39, 0.29) is 11.6 Å². The summed E-state index contributed by atoms with van der Waals surface area (Å²) in [5.74, 6) is -0.836. The first-order valence-electron chi connectivity index (χ1n) is 8.76. The molecule has 29 heavy (non-hydrogen) atoms. The Morgan fingerprint density at radius 3 is 2.55 bits per heavy atom. The first-order valence-corrected chi connectivity index (χ1v) is 8.76. The van der Waals surface area contributed by atoms with Crippen molar-refractivity contribution in [1.82, 2.24) is 15.3 Å². The molecule has 7 nitrogen and oxygen atoms in total. The quantitative estimate of drug-likeness (QED) is 0.476. The molecular weight excluding hydrogens is 392 g/mol. The van der Waals surface area contributed by atoms with Crippen molar-refractivity contribution in [1.29, 1.82) is 0 Å². The molecular formula is C18H22F4N6O. The molecule has 0 bridgehead atoms. The molecule has 0 aliphatic heterocycles. The number of carbonyl (C=O) groups is 1. The minimum Gasteiger partial charge on any atom is -0.359 e. The number of rotatable bonds is 7. The summed E-state index contributed by atoms with van der Waals surface area (Å²) in [4.78, 5) is 22.4. The van der Waals surface area contributed by atoms with Gasteiger partial charge in [-0.15, -0.1) is 0 Å². The van der Waals surface area contributed by atoms with Gasteiger partial charge in [-0.2, -0.15) is 18.2 Å². The van der Waals surface area contributed by atoms with Gasteiger partial charge in [0, 0.05) is 31.0 Å². The van der Waals surface area contributed by atoms with E-state index >= 15 is 0 Å². The van der Waals surface area contributed by atoms with E-state index in [1.54, 1.807) is 13.0 Å². The molecule has 1 aromatic carbocycles. The van der Waals surface area contributed by atoms with Gasteiger partial charge < -0.3 is 15.5 Å². The van der Waals surface area contributed by atoms with E-state index in [2.05, 4.69) is 25.9 Å². The number of urea groups is 1. The number of hydrogen-bond acceptors (Lipinski definition) is 5. The third kappa shape index (κ3) is 6.56. The maximum absolute atomic E-state index is 13.3. The number of amides is 2. The molecule has 2 amide bonds. The molecule has 0 fully saturated rings. The van der Waals surface area contributed by atoms with E-state index in [9.17, 15) is 22.4 Å². The third-order valence-electron chi connectivity index (χ3n) is 3.91. The van der Waals surface area contributed by atoms with E-state index in [1.165, 1.54) is 0 Å². The fourth-order valence-electron chi connectivity index (χ4n) is 2.50. The van der Waals surface area contributed by atoms with E-state index in [1.807, 2.05) is 19.0 Å². The first-order chi connectivity index (χ1) is 13.6. The molecule has 0 saturated heterocycles. The van der Waals surface area contributed by atoms with Crippen molar-refractivity contribution < 1.29 is 22.4 Å². The molecule has 2 aromatic rings. The summed E-state index contributed by atoms with van der Waals surface area (Å²) in [7, 11) is 3.70. The topological polar surface area (TPSA) is 82.2 Å². The second-order valence-electron chi connectivity index (χ2n) is 6.34. The van der Waals surface area contributed by atoms with Gasteiger partial charge in [0.15, 0.2) is 0 Å². The van der Waals surface area contributed by atoms with Gasteiger partial charge >= 0.3 is 12.2 Å². The molecule has 1 aromatic heterocycles. The number of hydrogen-bond donors (Lipinski definition) is 3. The van der Waals surface area contributed by atoms with Gasteiger partial charge in [-0.05, 0) is 45.1 Å². The number of aryl methyl sites for hydroxylation is 1. The Hall–Kier alpha value is -2.95. The number of benzene rings is 1. The predicted molar refractivity (Wildman–Crippen MR) is 103 cm³/mol. The van der Waals surface area contributed by atoms with Crippen molar-refractivity contribution in [2.45, 2.75) is 19.5 Å². The normalized spacial score (nSPS) is 11.3. The smallest absolute Gasteiger partial charge is 0.359 e. The molecule has 0 radical (unpaired) electrons. The summed E-state index contributed by atoms with van der Waals surface area (Å²) >= 11 is 0. The van der Waals surface area contributed by atoms with Gasteiger partial charge in [-0.1, -0.05) is 0 Å². The summed E-state index contributed by atoms with van der Waals surface area (Å²) in [5, 5.41) is 7.65. The van der Waals surface area contributed by atoms with Crippen LogP contribution in [0.3, 0.4) is 0 Å². The minimum absolute atomic E-state index is 0.00359. The lowest BCUT2D eigenvalue weighted by Gasteiger charge is -2.19. The lowest BCUT2D eigenvalue weighted by Crippen LogP contribution is -2.25. The zero-order valence-electron chi connectivity index (χ0n) is 16.2. The van der Waals surface area contributed by atoms with E-state index in [0.717, 1.165) is 25.6 Å². The number of halogens is 4. The Morgan fingerprint density at radius 2 is 1.90 bits per heavy atom. The number of nitrogens with zero attached hydrogens (tertiary/aromatic N) is 3. The van der Waals surface area contributed by atoms with Crippen molar-refractivity contribution in [3.8, 4) is 0 Å². The Balaban J connectivity index is 2.09. The second-order valence-corrected chi connectivity index (χ2v) is 6.34. The molecule has 0 unspecified atom stereocenters. The summed E-state index contributed by atoms with van der Waals surface area (Å²) < 4.78 is 51.7. The Labute approximate surface area is 165 Å². The van der Waals surface area contributed by atoms with Crippen molar-refractivity contribution in [2.24, 2.45) is 0 Å². The average molecular weight is 414 g/mol. The number of anilines is 3. The minimum atomic E-state index is -4.87. The number of carbonyl (C=O) groups excluding carboxylic acids is 1. The van der Waals surface area contributed by atoms with Crippen LogP contribution < -0.4 is 20.9 Å². The van der Waals surface area contributed by atoms with Crippen LogP contribution in [0.4, 0.5) is 39.8 Å². The van der Waals surface area contributed by atoms with Crippen LogP contribution in [0.1, 0.15) is 17.7 Å². The number of nitrogens with one attached hydrogen (secondary N) is 3. The van der Waals surface area contributed by atoms with Crippen molar-refractivity contribution in [2.75, 3.05) is 42.7 Å². The van der Waals surface area contributed by atoms with Crippen LogP contribution >= 0.6 is 0 Å². The molecule has 0 aliphatic rings. The van der Waals surface area contributed by atoms with Gasteiger partial charge in [-0.25, -0.2) is 14.2 Å². The molecule has 2 rings (SSSR count). The maximum Gasteiger partial charge on any atom is 0.419 e. The van der Waals surface area contributed by atoms with Gasteiger partial charge in [0.2, 0.25) is 5.95 Å². The highest BCUT2D eigenvalue weighted by atomic mass is 19.4. The van der Waals surface area contributed by atoms with Crippen LogP contribution in [-0.4, -0.2) is 43.2 Å². The number of alkyl halides is 3. The first kappa shape index (κ1) is 22.3. The summed E-state index contributed by atoms with van der Waals surface area (Å²) in [6.07, 6.45) is -3.99. The highest BCUT2D eigenvalue weighted by Crippen LogP contribution is 2.33. The second kappa shape index (κ2) is 9.50. The standard InChI is InChI=1S/C18H22F4N6O/c1-11-9-15(28(3)8-4-7-23-2)26-16(24-11)27-17(29)25-12-5-6-14(19)13(10-12)18(20,21)22/h5-6,9-10,23H,4,7-8H2,1-3H3,(H2,24,25,26,27,29). The molecule has 3 N–H and O–H groups in total. The predicted octanol–water partition coefficient (Wildman–Crippen LogP) is 3.63. The Bertz CT molecular complexity index is 859. The van der Waals surface area contributed by atoms with Crippen LogP contribution in [-0.2, 0) is 6.18 Å². The SMILES string of the molecule is CNCCCN(C)c1cc(C)nc(NC(=O)Nc2ccc(F)c(C(F)(F)F)c2)n1. The van der Waals surface area contributed by atoms with Crippen molar-refractivity contribution in [3.63, 3.8) is 0 Å². The highest BCUT2D eigenvalue weighted by Gasteiger charge is 2.34. The zero-order valence-corrected chi connectivity index (χ0v) is 16.2. The van der Waals surface area contributed by atoms with Gasteiger partial charge in [-0.3, -0.25) is 5.32 Å². The van der Waals surface area contributed by atoms with Crippen LogP contribution in [0, 0.1) is 12.7 Å². The largest absolute Gasteiger partial charge is 0.419 e. The third-order valence-corrected chi connectivity index (χ3v) is 3.91. The number of aromatic nitrogens is 2.